The van der Waals surface area contributed by atoms with Crippen LogP contribution in [0.25, 0.3) is 0 Å². The SMILES string of the molecule is C=CCN1CC2C(C1)C2(C)c1cccc(CNS(=O)O)c1. The molecule has 2 aliphatic rings. The van der Waals surface area contributed by atoms with Crippen molar-refractivity contribution in [2.45, 2.75) is 18.9 Å². The summed E-state index contributed by atoms with van der Waals surface area (Å²) in [4.78, 5) is 2.46. The zero-order valence-corrected chi connectivity index (χ0v) is 13.1. The fourth-order valence-corrected chi connectivity index (χ4v) is 4.17. The zero-order chi connectivity index (χ0) is 15.0. The Bertz CT molecular complexity index is 563. The van der Waals surface area contributed by atoms with Gasteiger partial charge in [-0.25, -0.2) is 8.93 Å². The van der Waals surface area contributed by atoms with Crippen molar-refractivity contribution in [1.82, 2.24) is 9.62 Å². The number of piperidine rings is 1. The highest BCUT2D eigenvalue weighted by Gasteiger charge is 2.65. The van der Waals surface area contributed by atoms with Gasteiger partial charge in [-0.1, -0.05) is 37.3 Å². The predicted octanol–water partition coefficient (Wildman–Crippen LogP) is 1.92. The smallest absolute Gasteiger partial charge is 0.232 e. The van der Waals surface area contributed by atoms with Crippen molar-refractivity contribution in [2.75, 3.05) is 19.6 Å². The van der Waals surface area contributed by atoms with Gasteiger partial charge < -0.3 is 0 Å². The summed E-state index contributed by atoms with van der Waals surface area (Å²) in [6, 6.07) is 8.41. The van der Waals surface area contributed by atoms with Crippen molar-refractivity contribution in [3.63, 3.8) is 0 Å². The molecule has 3 atom stereocenters. The Balaban J connectivity index is 1.70. The van der Waals surface area contributed by atoms with Crippen LogP contribution in [-0.2, 0) is 23.2 Å². The highest BCUT2D eigenvalue weighted by molar-refractivity contribution is 7.77. The first kappa shape index (κ1) is 14.9. The van der Waals surface area contributed by atoms with E-state index < -0.39 is 11.3 Å². The predicted molar refractivity (Wildman–Crippen MR) is 85.0 cm³/mol. The lowest BCUT2D eigenvalue weighted by Crippen LogP contribution is -2.29. The number of rotatable bonds is 6. The van der Waals surface area contributed by atoms with Gasteiger partial charge in [0.05, 0.1) is 0 Å². The molecule has 1 aromatic carbocycles. The van der Waals surface area contributed by atoms with Gasteiger partial charge in [0, 0.05) is 31.6 Å². The molecule has 1 aromatic rings. The summed E-state index contributed by atoms with van der Waals surface area (Å²) < 4.78 is 22.1. The number of fused-ring (bicyclic) bond motifs is 1. The Hall–Kier alpha value is -1.01. The average molecular weight is 306 g/mol. The molecule has 1 heterocycles. The molecule has 0 aromatic heterocycles. The van der Waals surface area contributed by atoms with E-state index in [0.717, 1.165) is 37.0 Å². The molecule has 3 rings (SSSR count). The van der Waals surface area contributed by atoms with E-state index in [-0.39, 0.29) is 5.41 Å². The van der Waals surface area contributed by atoms with Crippen molar-refractivity contribution in [1.29, 1.82) is 0 Å². The Morgan fingerprint density at radius 3 is 2.86 bits per heavy atom. The molecule has 3 unspecified atom stereocenters. The van der Waals surface area contributed by atoms with Crippen molar-refractivity contribution in [3.8, 4) is 0 Å². The molecule has 2 N–H and O–H groups in total. The van der Waals surface area contributed by atoms with Gasteiger partial charge in [-0.15, -0.1) is 6.58 Å². The van der Waals surface area contributed by atoms with E-state index in [1.807, 2.05) is 18.2 Å². The van der Waals surface area contributed by atoms with Gasteiger partial charge in [0.25, 0.3) is 0 Å². The summed E-state index contributed by atoms with van der Waals surface area (Å²) in [6.07, 6.45) is 1.98. The van der Waals surface area contributed by atoms with Crippen LogP contribution in [0.1, 0.15) is 18.1 Å². The van der Waals surface area contributed by atoms with Gasteiger partial charge >= 0.3 is 0 Å². The summed E-state index contributed by atoms with van der Waals surface area (Å²) in [7, 11) is 0. The van der Waals surface area contributed by atoms with E-state index in [1.165, 1.54) is 5.56 Å². The summed E-state index contributed by atoms with van der Waals surface area (Å²) in [5.74, 6) is 1.46. The van der Waals surface area contributed by atoms with Gasteiger partial charge in [0.1, 0.15) is 0 Å². The fourth-order valence-electron chi connectivity index (χ4n) is 3.88. The second-order valence-corrected chi connectivity index (χ2v) is 7.06. The first-order valence-corrected chi connectivity index (χ1v) is 8.43. The lowest BCUT2D eigenvalue weighted by atomic mass is 9.91. The van der Waals surface area contributed by atoms with Crippen LogP contribution in [-0.4, -0.2) is 33.3 Å². The third kappa shape index (κ3) is 2.71. The molecule has 1 saturated carbocycles. The maximum Gasteiger partial charge on any atom is 0.232 e. The van der Waals surface area contributed by atoms with Crippen LogP contribution in [0.2, 0.25) is 0 Å². The fraction of sp³-hybridized carbons (Fsp3) is 0.500. The van der Waals surface area contributed by atoms with Crippen molar-refractivity contribution < 1.29 is 8.76 Å². The van der Waals surface area contributed by atoms with Gasteiger partial charge in [-0.3, -0.25) is 9.45 Å². The maximum atomic E-state index is 10.7. The number of nitrogens with one attached hydrogen (secondary N) is 1. The Morgan fingerprint density at radius 2 is 2.24 bits per heavy atom. The van der Waals surface area contributed by atoms with Crippen LogP contribution in [0.5, 0.6) is 0 Å². The third-order valence-corrected chi connectivity index (χ3v) is 5.55. The number of benzene rings is 1. The standard InChI is InChI=1S/C16H22N2O2S/c1-3-7-18-10-14-15(11-18)16(14,2)13-6-4-5-12(8-13)9-17-21(19)20/h3-6,8,14-15,17H,1,7,9-11H2,2H3,(H,19,20). The normalized spacial score (nSPS) is 32.7. The minimum Gasteiger partial charge on any atom is -0.299 e. The van der Waals surface area contributed by atoms with Crippen LogP contribution < -0.4 is 4.72 Å². The molecule has 0 bridgehead atoms. The van der Waals surface area contributed by atoms with Crippen LogP contribution in [0.15, 0.2) is 36.9 Å². The van der Waals surface area contributed by atoms with Crippen LogP contribution in [0.3, 0.4) is 0 Å². The molecule has 0 amide bonds. The minimum absolute atomic E-state index is 0.270. The monoisotopic (exact) mass is 306 g/mol. The summed E-state index contributed by atoms with van der Waals surface area (Å²) in [6.45, 7) is 9.86. The molecule has 0 radical (unpaired) electrons. The average Bonchev–Trinajstić information content (AvgIpc) is 2.85. The lowest BCUT2D eigenvalue weighted by Gasteiger charge is -2.23. The quantitative estimate of drug-likeness (QED) is 0.623. The summed E-state index contributed by atoms with van der Waals surface area (Å²) in [5.41, 5.74) is 2.69. The largest absolute Gasteiger partial charge is 0.299 e. The number of hydrogen-bond donors (Lipinski definition) is 2. The molecule has 2 fully saturated rings. The van der Waals surface area contributed by atoms with Crippen LogP contribution in [0, 0.1) is 11.8 Å². The second kappa shape index (κ2) is 5.65. The molecular formula is C16H22N2O2S. The first-order valence-electron chi connectivity index (χ1n) is 7.32. The number of likely N-dealkylation sites (tertiary alicyclic amines) is 1. The molecule has 1 aliphatic heterocycles. The molecule has 4 nitrogen and oxygen atoms in total. The van der Waals surface area contributed by atoms with E-state index in [4.69, 9.17) is 4.55 Å². The van der Waals surface area contributed by atoms with E-state index in [2.05, 4.69) is 35.3 Å². The van der Waals surface area contributed by atoms with Gasteiger partial charge in [0.2, 0.25) is 11.3 Å². The van der Waals surface area contributed by atoms with E-state index in [0.29, 0.717) is 6.54 Å². The number of nitrogens with zero attached hydrogens (tertiary/aromatic N) is 1. The Morgan fingerprint density at radius 1 is 1.52 bits per heavy atom. The van der Waals surface area contributed by atoms with Crippen molar-refractivity contribution >= 4 is 11.3 Å². The zero-order valence-electron chi connectivity index (χ0n) is 12.3. The molecule has 1 saturated heterocycles. The highest BCUT2D eigenvalue weighted by Crippen LogP contribution is 2.63. The van der Waals surface area contributed by atoms with Gasteiger partial charge in [-0.2, -0.15) is 0 Å². The Kier molecular flexibility index (Phi) is 4.01. The Labute approximate surface area is 128 Å². The maximum absolute atomic E-state index is 10.7. The summed E-state index contributed by atoms with van der Waals surface area (Å²) >= 11 is -1.96. The van der Waals surface area contributed by atoms with Gasteiger partial charge in [-0.05, 0) is 23.0 Å². The molecule has 5 heteroatoms. The highest BCUT2D eigenvalue weighted by atomic mass is 32.2. The molecule has 114 valence electrons. The second-order valence-electron chi connectivity index (χ2n) is 6.27. The summed E-state index contributed by atoms with van der Waals surface area (Å²) in [5, 5.41) is 0. The lowest BCUT2D eigenvalue weighted by molar-refractivity contribution is 0.304. The van der Waals surface area contributed by atoms with E-state index in [1.54, 1.807) is 0 Å². The topological polar surface area (TPSA) is 52.6 Å². The number of hydrogen-bond acceptors (Lipinski definition) is 2. The molecule has 21 heavy (non-hydrogen) atoms. The minimum atomic E-state index is -1.96. The van der Waals surface area contributed by atoms with E-state index >= 15 is 0 Å². The van der Waals surface area contributed by atoms with Crippen molar-refractivity contribution in [2.24, 2.45) is 11.8 Å². The van der Waals surface area contributed by atoms with Crippen molar-refractivity contribution in [3.05, 3.63) is 48.0 Å². The van der Waals surface area contributed by atoms with E-state index in [9.17, 15) is 4.21 Å². The van der Waals surface area contributed by atoms with Crippen LogP contribution in [0.4, 0.5) is 0 Å². The van der Waals surface area contributed by atoms with Gasteiger partial charge in [0.15, 0.2) is 0 Å². The van der Waals surface area contributed by atoms with Crippen LogP contribution >= 0.6 is 0 Å². The molecular weight excluding hydrogens is 284 g/mol. The third-order valence-electron chi connectivity index (χ3n) is 5.16. The molecule has 1 aliphatic carbocycles. The first-order chi connectivity index (χ1) is 10.1. The molecule has 0 spiro atoms.